The molecular weight excluding hydrogens is 273 g/mol. The van der Waals surface area contributed by atoms with E-state index in [9.17, 15) is 18.0 Å². The van der Waals surface area contributed by atoms with Crippen molar-refractivity contribution in [2.75, 3.05) is 0 Å². The molecule has 0 aliphatic heterocycles. The Balaban J connectivity index is 2.25. The van der Waals surface area contributed by atoms with E-state index in [0.717, 1.165) is 18.3 Å². The molecule has 7 heteroatoms. The van der Waals surface area contributed by atoms with Crippen LogP contribution in [0.2, 0.25) is 0 Å². The van der Waals surface area contributed by atoms with Gasteiger partial charge in [0, 0.05) is 0 Å². The minimum atomic E-state index is -4.51. The Morgan fingerprint density at radius 3 is 2.40 bits per heavy atom. The van der Waals surface area contributed by atoms with Gasteiger partial charge in [0.25, 0.3) is 5.91 Å². The summed E-state index contributed by atoms with van der Waals surface area (Å²) in [6.07, 6.45) is -3.58. The van der Waals surface area contributed by atoms with Crippen LogP contribution in [0.4, 0.5) is 13.2 Å². The lowest BCUT2D eigenvalue weighted by Gasteiger charge is -2.10. The van der Waals surface area contributed by atoms with Gasteiger partial charge in [0.15, 0.2) is 0 Å². The molecule has 0 fully saturated rings. The number of pyridine rings is 1. The summed E-state index contributed by atoms with van der Waals surface area (Å²) in [6, 6.07) is 8.06. The van der Waals surface area contributed by atoms with E-state index in [4.69, 9.17) is 10.5 Å². The van der Waals surface area contributed by atoms with Crippen LogP contribution in [0.3, 0.4) is 0 Å². The van der Waals surface area contributed by atoms with E-state index in [1.807, 2.05) is 0 Å². The van der Waals surface area contributed by atoms with Crippen molar-refractivity contribution in [2.45, 2.75) is 6.18 Å². The van der Waals surface area contributed by atoms with Gasteiger partial charge < -0.3 is 10.5 Å². The zero-order valence-electron chi connectivity index (χ0n) is 10.0. The summed E-state index contributed by atoms with van der Waals surface area (Å²) in [5, 5.41) is 0. The first-order valence-electron chi connectivity index (χ1n) is 5.48. The summed E-state index contributed by atoms with van der Waals surface area (Å²) in [4.78, 5) is 14.4. The van der Waals surface area contributed by atoms with Gasteiger partial charge in [0.2, 0.25) is 0 Å². The normalized spacial score (nSPS) is 11.2. The number of ether oxygens (including phenoxy) is 1. The highest BCUT2D eigenvalue weighted by atomic mass is 19.4. The number of hydrogen-bond acceptors (Lipinski definition) is 3. The van der Waals surface area contributed by atoms with E-state index >= 15 is 0 Å². The zero-order chi connectivity index (χ0) is 14.8. The van der Waals surface area contributed by atoms with Crippen molar-refractivity contribution in [3.8, 4) is 11.5 Å². The number of para-hydroxylation sites is 1. The SMILES string of the molecule is NC(=O)c1ccccc1Oc1ccc(C(F)(F)F)nc1. The Labute approximate surface area is 112 Å². The number of primary amides is 1. The zero-order valence-corrected chi connectivity index (χ0v) is 10.0. The molecule has 0 aliphatic rings. The Bertz CT molecular complexity index is 624. The largest absolute Gasteiger partial charge is 0.455 e. The molecule has 1 aromatic carbocycles. The number of alkyl halides is 3. The van der Waals surface area contributed by atoms with Gasteiger partial charge in [0.1, 0.15) is 17.2 Å². The summed E-state index contributed by atoms with van der Waals surface area (Å²) >= 11 is 0. The molecular formula is C13H9F3N2O2. The number of carbonyl (C=O) groups excluding carboxylic acids is 1. The minimum Gasteiger partial charge on any atom is -0.455 e. The summed E-state index contributed by atoms with van der Waals surface area (Å²) in [5.41, 5.74) is 4.28. The van der Waals surface area contributed by atoms with Crippen molar-refractivity contribution < 1.29 is 22.7 Å². The molecule has 2 N–H and O–H groups in total. The first kappa shape index (κ1) is 13.9. The fourth-order valence-electron chi connectivity index (χ4n) is 1.49. The number of amides is 1. The number of hydrogen-bond donors (Lipinski definition) is 1. The molecule has 0 bridgehead atoms. The predicted molar refractivity (Wildman–Crippen MR) is 64.3 cm³/mol. The van der Waals surface area contributed by atoms with Crippen LogP contribution in [0.5, 0.6) is 11.5 Å². The van der Waals surface area contributed by atoms with Crippen LogP contribution in [0.25, 0.3) is 0 Å². The lowest BCUT2D eigenvalue weighted by Crippen LogP contribution is -2.12. The number of carbonyl (C=O) groups is 1. The first-order chi connectivity index (χ1) is 9.38. The fourth-order valence-corrected chi connectivity index (χ4v) is 1.49. The number of benzene rings is 1. The highest BCUT2D eigenvalue weighted by molar-refractivity contribution is 5.95. The lowest BCUT2D eigenvalue weighted by molar-refractivity contribution is -0.141. The maximum absolute atomic E-state index is 12.4. The molecule has 2 rings (SSSR count). The van der Waals surface area contributed by atoms with Crippen molar-refractivity contribution in [2.24, 2.45) is 5.73 Å². The third-order valence-electron chi connectivity index (χ3n) is 2.41. The van der Waals surface area contributed by atoms with Gasteiger partial charge in [-0.05, 0) is 24.3 Å². The highest BCUT2D eigenvalue weighted by Gasteiger charge is 2.32. The van der Waals surface area contributed by atoms with Gasteiger partial charge in [-0.25, -0.2) is 4.98 Å². The van der Waals surface area contributed by atoms with Crippen molar-refractivity contribution in [3.63, 3.8) is 0 Å². The van der Waals surface area contributed by atoms with Crippen LogP contribution in [-0.4, -0.2) is 10.9 Å². The number of rotatable bonds is 3. The highest BCUT2D eigenvalue weighted by Crippen LogP contribution is 2.30. The third kappa shape index (κ3) is 3.05. The standard InChI is InChI=1S/C13H9F3N2O2/c14-13(15,16)11-6-5-8(7-18-11)20-10-4-2-1-3-9(10)12(17)19/h1-7H,(H2,17,19). The Kier molecular flexibility index (Phi) is 3.60. The number of aromatic nitrogens is 1. The predicted octanol–water partition coefficient (Wildman–Crippen LogP) is 2.99. The molecule has 104 valence electrons. The molecule has 1 aromatic heterocycles. The van der Waals surface area contributed by atoms with Gasteiger partial charge >= 0.3 is 6.18 Å². The quantitative estimate of drug-likeness (QED) is 0.941. The van der Waals surface area contributed by atoms with Crippen LogP contribution < -0.4 is 10.5 Å². The summed E-state index contributed by atoms with van der Waals surface area (Å²) < 4.78 is 42.4. The molecule has 4 nitrogen and oxygen atoms in total. The maximum atomic E-state index is 12.4. The Morgan fingerprint density at radius 2 is 1.85 bits per heavy atom. The average Bonchev–Trinajstić information content (AvgIpc) is 2.38. The van der Waals surface area contributed by atoms with Gasteiger partial charge in [-0.2, -0.15) is 13.2 Å². The first-order valence-corrected chi connectivity index (χ1v) is 5.48. The molecule has 1 heterocycles. The summed E-state index contributed by atoms with van der Waals surface area (Å²) in [6.45, 7) is 0. The van der Waals surface area contributed by atoms with E-state index in [1.165, 1.54) is 12.1 Å². The van der Waals surface area contributed by atoms with Gasteiger partial charge in [0.05, 0.1) is 11.8 Å². The third-order valence-corrected chi connectivity index (χ3v) is 2.41. The van der Waals surface area contributed by atoms with E-state index in [1.54, 1.807) is 12.1 Å². The molecule has 2 aromatic rings. The molecule has 0 saturated carbocycles. The van der Waals surface area contributed by atoms with E-state index in [-0.39, 0.29) is 17.1 Å². The maximum Gasteiger partial charge on any atom is 0.433 e. The fraction of sp³-hybridized carbons (Fsp3) is 0.0769. The van der Waals surface area contributed by atoms with E-state index in [0.29, 0.717) is 0 Å². The smallest absolute Gasteiger partial charge is 0.433 e. The van der Waals surface area contributed by atoms with Gasteiger partial charge in [-0.15, -0.1) is 0 Å². The Hall–Kier alpha value is -2.57. The van der Waals surface area contributed by atoms with Crippen LogP contribution in [0.15, 0.2) is 42.6 Å². The second-order valence-corrected chi connectivity index (χ2v) is 3.84. The van der Waals surface area contributed by atoms with Crippen molar-refractivity contribution >= 4 is 5.91 Å². The molecule has 0 saturated heterocycles. The number of halogens is 3. The number of nitrogens with two attached hydrogens (primary N) is 1. The molecule has 0 aliphatic carbocycles. The summed E-state index contributed by atoms with van der Waals surface area (Å²) in [7, 11) is 0. The van der Waals surface area contributed by atoms with Crippen molar-refractivity contribution in [1.82, 2.24) is 4.98 Å². The second kappa shape index (κ2) is 5.20. The second-order valence-electron chi connectivity index (χ2n) is 3.84. The Morgan fingerprint density at radius 1 is 1.15 bits per heavy atom. The molecule has 0 atom stereocenters. The number of nitrogens with zero attached hydrogens (tertiary/aromatic N) is 1. The van der Waals surface area contributed by atoms with Crippen molar-refractivity contribution in [1.29, 1.82) is 0 Å². The minimum absolute atomic E-state index is 0.0756. The monoisotopic (exact) mass is 282 g/mol. The topological polar surface area (TPSA) is 65.2 Å². The molecule has 0 unspecified atom stereocenters. The molecule has 1 amide bonds. The van der Waals surface area contributed by atoms with Crippen LogP contribution in [0.1, 0.15) is 16.1 Å². The molecule has 0 spiro atoms. The average molecular weight is 282 g/mol. The van der Waals surface area contributed by atoms with E-state index < -0.39 is 17.8 Å². The lowest BCUT2D eigenvalue weighted by atomic mass is 10.2. The van der Waals surface area contributed by atoms with Gasteiger partial charge in [-0.1, -0.05) is 12.1 Å². The van der Waals surface area contributed by atoms with Gasteiger partial charge in [-0.3, -0.25) is 4.79 Å². The molecule has 20 heavy (non-hydrogen) atoms. The van der Waals surface area contributed by atoms with Crippen molar-refractivity contribution in [3.05, 3.63) is 53.9 Å². The van der Waals surface area contributed by atoms with Crippen LogP contribution in [0, 0.1) is 0 Å². The summed E-state index contributed by atoms with van der Waals surface area (Å²) in [5.74, 6) is -0.464. The van der Waals surface area contributed by atoms with E-state index in [2.05, 4.69) is 4.98 Å². The van der Waals surface area contributed by atoms with Crippen LogP contribution >= 0.6 is 0 Å². The van der Waals surface area contributed by atoms with Crippen LogP contribution in [-0.2, 0) is 6.18 Å². The molecule has 0 radical (unpaired) electrons.